The Morgan fingerprint density at radius 3 is 2.68 bits per heavy atom. The summed E-state index contributed by atoms with van der Waals surface area (Å²) >= 11 is 0. The molecule has 1 unspecified atom stereocenters. The number of ether oxygens (including phenoxy) is 1. The Morgan fingerprint density at radius 1 is 1.24 bits per heavy atom. The van der Waals surface area contributed by atoms with Crippen LogP contribution in [-0.4, -0.2) is 28.2 Å². The van der Waals surface area contributed by atoms with Crippen LogP contribution >= 0.6 is 0 Å². The molecule has 0 radical (unpaired) electrons. The highest BCUT2D eigenvalue weighted by Gasteiger charge is 2.16. The van der Waals surface area contributed by atoms with E-state index < -0.39 is 0 Å². The molecule has 1 aromatic carbocycles. The van der Waals surface area contributed by atoms with Crippen molar-refractivity contribution >= 4 is 17.5 Å². The maximum atomic E-state index is 12.2. The number of nitrogens with zero attached hydrogens (tertiary/aromatic N) is 2. The highest BCUT2D eigenvalue weighted by atomic mass is 16.5. The molecule has 0 aliphatic heterocycles. The average Bonchev–Trinajstić information content (AvgIpc) is 3.04. The highest BCUT2D eigenvalue weighted by molar-refractivity contribution is 5.90. The van der Waals surface area contributed by atoms with Gasteiger partial charge in [-0.2, -0.15) is 5.10 Å². The number of hydrogen-bond donors (Lipinski definition) is 2. The number of carbonyl (C=O) groups is 2. The lowest BCUT2D eigenvalue weighted by Crippen LogP contribution is -2.33. The first-order valence-corrected chi connectivity index (χ1v) is 8.33. The quantitative estimate of drug-likeness (QED) is 0.770. The van der Waals surface area contributed by atoms with Crippen molar-refractivity contribution in [3.63, 3.8) is 0 Å². The number of nitrogens with one attached hydrogen (secondary N) is 2. The van der Waals surface area contributed by atoms with Gasteiger partial charge in [-0.3, -0.25) is 14.3 Å². The molecule has 25 heavy (non-hydrogen) atoms. The number of aryl methyl sites for hydroxylation is 1. The maximum Gasteiger partial charge on any atom is 0.258 e. The van der Waals surface area contributed by atoms with Crippen LogP contribution in [0.2, 0.25) is 0 Å². The Morgan fingerprint density at radius 2 is 2.04 bits per heavy atom. The van der Waals surface area contributed by atoms with Crippen LogP contribution in [0.4, 0.5) is 5.69 Å². The van der Waals surface area contributed by atoms with E-state index in [9.17, 15) is 9.59 Å². The van der Waals surface area contributed by atoms with Gasteiger partial charge < -0.3 is 15.4 Å². The molecule has 2 rings (SSSR count). The standard InChI is InChI=1S/C18H24N4O3/c1-4-15(16-9-10-19-22(16)3)21-18(24)12-25-14-8-6-7-13(11-14)20-17(23)5-2/h6-11,15H,4-5,12H2,1-3H3,(H,20,23)(H,21,24). The number of rotatable bonds is 8. The van der Waals surface area contributed by atoms with Gasteiger partial charge in [0.2, 0.25) is 5.91 Å². The molecule has 0 aliphatic carbocycles. The van der Waals surface area contributed by atoms with Crippen molar-refractivity contribution in [2.45, 2.75) is 32.7 Å². The van der Waals surface area contributed by atoms with E-state index in [1.165, 1.54) is 0 Å². The molecule has 0 saturated heterocycles. The van der Waals surface area contributed by atoms with E-state index in [0.29, 0.717) is 17.9 Å². The van der Waals surface area contributed by atoms with E-state index in [1.54, 1.807) is 42.1 Å². The van der Waals surface area contributed by atoms with Gasteiger partial charge in [0, 0.05) is 31.4 Å². The molecule has 7 heteroatoms. The Hall–Kier alpha value is -2.83. The summed E-state index contributed by atoms with van der Waals surface area (Å²) in [6.45, 7) is 3.69. The minimum Gasteiger partial charge on any atom is -0.484 e. The first-order chi connectivity index (χ1) is 12.0. The first kappa shape index (κ1) is 18.5. The zero-order valence-electron chi connectivity index (χ0n) is 14.8. The van der Waals surface area contributed by atoms with E-state index >= 15 is 0 Å². The van der Waals surface area contributed by atoms with E-state index in [-0.39, 0.29) is 24.5 Å². The molecule has 0 aliphatic rings. The second-order valence-electron chi connectivity index (χ2n) is 5.63. The lowest BCUT2D eigenvalue weighted by atomic mass is 10.1. The van der Waals surface area contributed by atoms with E-state index in [0.717, 1.165) is 12.1 Å². The van der Waals surface area contributed by atoms with Gasteiger partial charge in [-0.05, 0) is 24.6 Å². The number of hydrogen-bond acceptors (Lipinski definition) is 4. The van der Waals surface area contributed by atoms with Gasteiger partial charge >= 0.3 is 0 Å². The van der Waals surface area contributed by atoms with Crippen molar-refractivity contribution in [3.8, 4) is 5.75 Å². The lowest BCUT2D eigenvalue weighted by molar-refractivity contribution is -0.124. The normalized spacial score (nSPS) is 11.6. The van der Waals surface area contributed by atoms with Crippen LogP contribution in [-0.2, 0) is 16.6 Å². The zero-order chi connectivity index (χ0) is 18.2. The molecule has 1 atom stereocenters. The molecular formula is C18H24N4O3. The topological polar surface area (TPSA) is 85.2 Å². The molecule has 0 spiro atoms. The van der Waals surface area contributed by atoms with E-state index in [2.05, 4.69) is 15.7 Å². The zero-order valence-corrected chi connectivity index (χ0v) is 14.8. The van der Waals surface area contributed by atoms with Crippen molar-refractivity contribution in [2.75, 3.05) is 11.9 Å². The summed E-state index contributed by atoms with van der Waals surface area (Å²) < 4.78 is 7.28. The third kappa shape index (κ3) is 5.34. The molecule has 0 saturated carbocycles. The summed E-state index contributed by atoms with van der Waals surface area (Å²) in [6.07, 6.45) is 2.86. The van der Waals surface area contributed by atoms with Crippen LogP contribution < -0.4 is 15.4 Å². The smallest absolute Gasteiger partial charge is 0.258 e. The van der Waals surface area contributed by atoms with Crippen molar-refractivity contribution < 1.29 is 14.3 Å². The summed E-state index contributed by atoms with van der Waals surface area (Å²) in [4.78, 5) is 23.6. The van der Waals surface area contributed by atoms with Crippen molar-refractivity contribution in [3.05, 3.63) is 42.2 Å². The highest BCUT2D eigenvalue weighted by Crippen LogP contribution is 2.18. The minimum atomic E-state index is -0.212. The molecule has 1 aromatic heterocycles. The number of carbonyl (C=O) groups excluding carboxylic acids is 2. The Balaban J connectivity index is 1.90. The lowest BCUT2D eigenvalue weighted by Gasteiger charge is -2.17. The second kappa shape index (κ2) is 8.86. The second-order valence-corrected chi connectivity index (χ2v) is 5.63. The van der Waals surface area contributed by atoms with Gasteiger partial charge in [0.05, 0.1) is 11.7 Å². The predicted molar refractivity (Wildman–Crippen MR) is 95.2 cm³/mol. The molecule has 2 amide bonds. The van der Waals surface area contributed by atoms with E-state index in [1.807, 2.05) is 20.0 Å². The fourth-order valence-electron chi connectivity index (χ4n) is 2.41. The summed E-state index contributed by atoms with van der Waals surface area (Å²) in [5.41, 5.74) is 1.59. The summed E-state index contributed by atoms with van der Waals surface area (Å²) in [5.74, 6) is 0.241. The van der Waals surface area contributed by atoms with Crippen LogP contribution in [0.5, 0.6) is 5.75 Å². The van der Waals surface area contributed by atoms with Gasteiger partial charge in [0.25, 0.3) is 5.91 Å². The third-order valence-corrected chi connectivity index (χ3v) is 3.77. The number of benzene rings is 1. The maximum absolute atomic E-state index is 12.2. The molecule has 2 N–H and O–H groups in total. The predicted octanol–water partition coefficient (Wildman–Crippen LogP) is 2.41. The van der Waals surface area contributed by atoms with Crippen molar-refractivity contribution in [1.82, 2.24) is 15.1 Å². The molecule has 134 valence electrons. The average molecular weight is 344 g/mol. The van der Waals surface area contributed by atoms with Gasteiger partial charge in [-0.15, -0.1) is 0 Å². The SMILES string of the molecule is CCC(=O)Nc1cccc(OCC(=O)NC(CC)c2ccnn2C)c1. The Bertz CT molecular complexity index is 727. The first-order valence-electron chi connectivity index (χ1n) is 8.33. The molecular weight excluding hydrogens is 320 g/mol. The summed E-state index contributed by atoms with van der Waals surface area (Å²) in [5, 5.41) is 9.82. The van der Waals surface area contributed by atoms with Gasteiger partial charge in [0.15, 0.2) is 6.61 Å². The van der Waals surface area contributed by atoms with Crippen LogP contribution in [0.15, 0.2) is 36.5 Å². The van der Waals surface area contributed by atoms with Crippen LogP contribution in [0, 0.1) is 0 Å². The monoisotopic (exact) mass is 344 g/mol. The molecule has 0 bridgehead atoms. The molecule has 7 nitrogen and oxygen atoms in total. The third-order valence-electron chi connectivity index (χ3n) is 3.77. The van der Waals surface area contributed by atoms with Crippen molar-refractivity contribution in [2.24, 2.45) is 7.05 Å². The summed E-state index contributed by atoms with van der Waals surface area (Å²) in [6, 6.07) is 8.75. The Labute approximate surface area is 147 Å². The van der Waals surface area contributed by atoms with Crippen LogP contribution in [0.3, 0.4) is 0 Å². The minimum absolute atomic E-state index is 0.0724. The van der Waals surface area contributed by atoms with Gasteiger partial charge in [-0.25, -0.2) is 0 Å². The fourth-order valence-corrected chi connectivity index (χ4v) is 2.41. The number of amides is 2. The van der Waals surface area contributed by atoms with E-state index in [4.69, 9.17) is 4.74 Å². The number of aromatic nitrogens is 2. The molecule has 2 aromatic rings. The molecule has 0 fully saturated rings. The van der Waals surface area contributed by atoms with Gasteiger partial charge in [-0.1, -0.05) is 19.9 Å². The largest absolute Gasteiger partial charge is 0.484 e. The Kier molecular flexibility index (Phi) is 6.56. The summed E-state index contributed by atoms with van der Waals surface area (Å²) in [7, 11) is 1.84. The van der Waals surface area contributed by atoms with Crippen LogP contribution in [0.25, 0.3) is 0 Å². The fraction of sp³-hybridized carbons (Fsp3) is 0.389. The van der Waals surface area contributed by atoms with Crippen LogP contribution in [0.1, 0.15) is 38.4 Å². The van der Waals surface area contributed by atoms with Crippen molar-refractivity contribution in [1.29, 1.82) is 0 Å². The number of anilines is 1. The molecule has 1 heterocycles. The van der Waals surface area contributed by atoms with Gasteiger partial charge in [0.1, 0.15) is 5.75 Å².